The second-order valence-electron chi connectivity index (χ2n) is 8.28. The van der Waals surface area contributed by atoms with Gasteiger partial charge in [0.1, 0.15) is 0 Å². The largest absolute Gasteiger partial charge is 0.399 e. The van der Waals surface area contributed by atoms with Crippen LogP contribution in [-0.4, -0.2) is 11.8 Å². The molecule has 0 heterocycles. The van der Waals surface area contributed by atoms with Crippen molar-refractivity contribution in [1.82, 2.24) is 0 Å². The van der Waals surface area contributed by atoms with E-state index in [0.29, 0.717) is 12.1 Å². The van der Waals surface area contributed by atoms with E-state index in [2.05, 4.69) is 0 Å². The fourth-order valence-electron chi connectivity index (χ4n) is 3.50. The van der Waals surface area contributed by atoms with Crippen LogP contribution in [0.5, 0.6) is 0 Å². The van der Waals surface area contributed by atoms with Crippen molar-refractivity contribution in [2.24, 2.45) is 0 Å². The maximum absolute atomic E-state index is 14.8. The minimum atomic E-state index is -6.32. The molecule has 4 N–H and O–H groups in total. The minimum absolute atomic E-state index is 0.0168. The van der Waals surface area contributed by atoms with Gasteiger partial charge in [0.15, 0.2) is 0 Å². The summed E-state index contributed by atoms with van der Waals surface area (Å²) in [5, 5.41) is 0. The zero-order chi connectivity index (χ0) is 28.9. The van der Waals surface area contributed by atoms with Crippen molar-refractivity contribution >= 4 is 11.4 Å². The van der Waals surface area contributed by atoms with Crippen molar-refractivity contribution in [2.45, 2.75) is 35.5 Å². The van der Waals surface area contributed by atoms with Crippen LogP contribution < -0.4 is 11.5 Å². The van der Waals surface area contributed by atoms with E-state index in [4.69, 9.17) is 11.5 Å². The number of benzene rings is 3. The first-order chi connectivity index (χ1) is 17.2. The smallest absolute Gasteiger partial charge is 0.380 e. The Morgan fingerprint density at radius 2 is 0.605 bits per heavy atom. The monoisotopic (exact) mass is 560 g/mol. The second-order valence-corrected chi connectivity index (χ2v) is 8.28. The van der Waals surface area contributed by atoms with Gasteiger partial charge in [0.2, 0.25) is 0 Å². The van der Waals surface area contributed by atoms with Gasteiger partial charge >= 0.3 is 35.5 Å². The first-order valence-corrected chi connectivity index (χ1v) is 10.3. The van der Waals surface area contributed by atoms with Gasteiger partial charge in [-0.05, 0) is 30.3 Å². The van der Waals surface area contributed by atoms with Crippen molar-refractivity contribution in [1.29, 1.82) is 0 Å². The molecule has 0 aliphatic rings. The molecule has 0 amide bonds. The summed E-state index contributed by atoms with van der Waals surface area (Å²) in [5.74, 6) is -35.9. The highest BCUT2D eigenvalue weighted by atomic mass is 19.4. The molecule has 3 rings (SSSR count). The molecule has 0 unspecified atom stereocenters. The van der Waals surface area contributed by atoms with E-state index in [1.54, 1.807) is 0 Å². The molecule has 0 aliphatic carbocycles. The topological polar surface area (TPSA) is 52.0 Å². The summed E-state index contributed by atoms with van der Waals surface area (Å²) >= 11 is 0. The number of alkyl halides is 12. The lowest BCUT2D eigenvalue weighted by Crippen LogP contribution is -2.51. The standard InChI is InChI=1S/C24H16F12N2/c25-19(26,23(33,34)21(29,30)15-6-2-8-17(37)11-15)13-4-1-5-14(10-13)20(27,28)24(35,36)22(31,32)16-7-3-9-18(38)12-16/h1-12H,37-38H2. The van der Waals surface area contributed by atoms with Crippen LogP contribution in [0.25, 0.3) is 0 Å². The van der Waals surface area contributed by atoms with Gasteiger partial charge in [0.25, 0.3) is 0 Å². The molecule has 0 aliphatic heterocycles. The van der Waals surface area contributed by atoms with Crippen LogP contribution in [0.2, 0.25) is 0 Å². The van der Waals surface area contributed by atoms with Gasteiger partial charge in [-0.2, -0.15) is 52.7 Å². The Kier molecular flexibility index (Phi) is 6.88. The van der Waals surface area contributed by atoms with Crippen molar-refractivity contribution in [3.05, 3.63) is 95.1 Å². The van der Waals surface area contributed by atoms with Crippen molar-refractivity contribution in [2.75, 3.05) is 11.5 Å². The number of halogens is 12. The Hall–Kier alpha value is -3.58. The predicted molar refractivity (Wildman–Crippen MR) is 114 cm³/mol. The molecule has 14 heteroatoms. The normalized spacial score (nSPS) is 14.0. The molecule has 0 radical (unpaired) electrons. The molecule has 206 valence electrons. The number of nitrogens with two attached hydrogens (primary N) is 2. The third-order valence-electron chi connectivity index (χ3n) is 5.66. The lowest BCUT2D eigenvalue weighted by Gasteiger charge is -2.35. The molecular weight excluding hydrogens is 544 g/mol. The predicted octanol–water partition coefficient (Wildman–Crippen LogP) is 7.89. The van der Waals surface area contributed by atoms with Crippen LogP contribution >= 0.6 is 0 Å². The molecule has 0 spiro atoms. The van der Waals surface area contributed by atoms with Crippen LogP contribution in [0.1, 0.15) is 22.3 Å². The van der Waals surface area contributed by atoms with Crippen LogP contribution in [0.3, 0.4) is 0 Å². The molecule has 0 saturated heterocycles. The molecule has 0 aromatic heterocycles. The summed E-state index contributed by atoms with van der Waals surface area (Å²) in [5.41, 5.74) is 1.63. The molecule has 0 fully saturated rings. The lowest BCUT2D eigenvalue weighted by molar-refractivity contribution is -0.323. The van der Waals surface area contributed by atoms with E-state index in [9.17, 15) is 52.7 Å². The summed E-state index contributed by atoms with van der Waals surface area (Å²) in [4.78, 5) is 0. The highest BCUT2D eigenvalue weighted by Gasteiger charge is 2.74. The van der Waals surface area contributed by atoms with Gasteiger partial charge < -0.3 is 11.5 Å². The van der Waals surface area contributed by atoms with E-state index in [1.807, 2.05) is 0 Å². The van der Waals surface area contributed by atoms with Gasteiger partial charge in [-0.25, -0.2) is 0 Å². The first kappa shape index (κ1) is 29.0. The molecule has 2 nitrogen and oxygen atoms in total. The third-order valence-corrected chi connectivity index (χ3v) is 5.66. The van der Waals surface area contributed by atoms with E-state index in [1.165, 1.54) is 0 Å². The van der Waals surface area contributed by atoms with Gasteiger partial charge in [-0.3, -0.25) is 0 Å². The van der Waals surface area contributed by atoms with Crippen molar-refractivity contribution < 1.29 is 52.7 Å². The molecule has 3 aromatic carbocycles. The van der Waals surface area contributed by atoms with Crippen LogP contribution in [0.15, 0.2) is 72.8 Å². The Morgan fingerprint density at radius 1 is 0.368 bits per heavy atom. The highest BCUT2D eigenvalue weighted by Crippen LogP contribution is 2.58. The summed E-state index contributed by atoms with van der Waals surface area (Å²) in [6, 6.07) is 4.18. The van der Waals surface area contributed by atoms with Crippen LogP contribution in [-0.2, 0) is 23.7 Å². The van der Waals surface area contributed by atoms with Gasteiger partial charge in [0.05, 0.1) is 0 Å². The summed E-state index contributed by atoms with van der Waals surface area (Å²) < 4.78 is 176. The average molecular weight is 560 g/mol. The number of anilines is 2. The van der Waals surface area contributed by atoms with E-state index in [0.717, 1.165) is 24.3 Å². The van der Waals surface area contributed by atoms with Gasteiger partial charge in [-0.15, -0.1) is 0 Å². The Morgan fingerprint density at radius 3 is 0.868 bits per heavy atom. The van der Waals surface area contributed by atoms with Crippen molar-refractivity contribution in [3.63, 3.8) is 0 Å². The molecule has 3 aromatic rings. The Bertz CT molecular complexity index is 1220. The lowest BCUT2D eigenvalue weighted by atomic mass is 9.88. The molecule has 0 bridgehead atoms. The van der Waals surface area contributed by atoms with Crippen LogP contribution in [0.4, 0.5) is 64.1 Å². The summed E-state index contributed by atoms with van der Waals surface area (Å²) in [7, 11) is 0. The first-order valence-electron chi connectivity index (χ1n) is 10.3. The van der Waals surface area contributed by atoms with Gasteiger partial charge in [-0.1, -0.05) is 42.5 Å². The van der Waals surface area contributed by atoms with E-state index in [-0.39, 0.29) is 30.3 Å². The molecular formula is C24H16F12N2. The van der Waals surface area contributed by atoms with E-state index >= 15 is 0 Å². The maximum atomic E-state index is 14.8. The maximum Gasteiger partial charge on any atom is 0.380 e. The quantitative estimate of drug-likeness (QED) is 0.218. The minimum Gasteiger partial charge on any atom is -0.399 e. The fourth-order valence-corrected chi connectivity index (χ4v) is 3.50. The zero-order valence-corrected chi connectivity index (χ0v) is 18.6. The van der Waals surface area contributed by atoms with E-state index < -0.39 is 75.2 Å². The number of hydrogen-bond donors (Lipinski definition) is 2. The number of rotatable bonds is 8. The molecule has 0 atom stereocenters. The molecule has 0 saturated carbocycles. The number of hydrogen-bond acceptors (Lipinski definition) is 2. The zero-order valence-electron chi connectivity index (χ0n) is 18.6. The van der Waals surface area contributed by atoms with Crippen molar-refractivity contribution in [3.8, 4) is 0 Å². The third kappa shape index (κ3) is 4.29. The fraction of sp³-hybridized carbons (Fsp3) is 0.250. The summed E-state index contributed by atoms with van der Waals surface area (Å²) in [6.45, 7) is 0. The second kappa shape index (κ2) is 9.02. The van der Waals surface area contributed by atoms with Crippen LogP contribution in [0, 0.1) is 0 Å². The SMILES string of the molecule is Nc1cccc(C(F)(F)C(F)(F)C(F)(F)c2cccc(C(F)(F)C(F)(F)C(F)(F)c3cccc(N)c3)c2)c1. The number of nitrogen functional groups attached to an aromatic ring is 2. The average Bonchev–Trinajstić information content (AvgIpc) is 2.83. The summed E-state index contributed by atoms with van der Waals surface area (Å²) in [6.07, 6.45) is 0. The van der Waals surface area contributed by atoms with Gasteiger partial charge in [0, 0.05) is 33.6 Å². The Labute approximate surface area is 206 Å². The molecule has 38 heavy (non-hydrogen) atoms. The Balaban J connectivity index is 2.09. The highest BCUT2D eigenvalue weighted by molar-refractivity contribution is 5.45.